The van der Waals surface area contributed by atoms with E-state index in [4.69, 9.17) is 0 Å². The Morgan fingerprint density at radius 1 is 1.22 bits per heavy atom. The van der Waals surface area contributed by atoms with Crippen LogP contribution in [0.2, 0.25) is 0 Å². The predicted molar refractivity (Wildman–Crippen MR) is 86.4 cm³/mol. The summed E-state index contributed by atoms with van der Waals surface area (Å²) < 4.78 is 1.60. The maximum atomic E-state index is 12.2. The van der Waals surface area contributed by atoms with Crippen LogP contribution in [0.1, 0.15) is 11.4 Å². The Kier molecular flexibility index (Phi) is 3.23. The van der Waals surface area contributed by atoms with Crippen molar-refractivity contribution in [1.82, 2.24) is 29.6 Å². The van der Waals surface area contributed by atoms with Crippen LogP contribution in [0.3, 0.4) is 0 Å². The molecule has 0 unspecified atom stereocenters. The van der Waals surface area contributed by atoms with Crippen LogP contribution in [0, 0.1) is 6.92 Å². The molecule has 0 bridgehead atoms. The monoisotopic (exact) mass is 324 g/mol. The molecule has 0 N–H and O–H groups in total. The molecule has 114 valence electrons. The molecule has 1 aromatic carbocycles. The van der Waals surface area contributed by atoms with Crippen LogP contribution in [0.15, 0.2) is 46.6 Å². The van der Waals surface area contributed by atoms with E-state index in [2.05, 4.69) is 20.4 Å². The maximum absolute atomic E-state index is 12.2. The summed E-state index contributed by atoms with van der Waals surface area (Å²) in [5.74, 6) is 0.551. The summed E-state index contributed by atoms with van der Waals surface area (Å²) in [4.78, 5) is 18.8. The van der Waals surface area contributed by atoms with E-state index in [9.17, 15) is 4.79 Å². The maximum Gasteiger partial charge on any atom is 0.259 e. The summed E-state index contributed by atoms with van der Waals surface area (Å²) in [7, 11) is 0. The fraction of sp³-hybridized carbons (Fsp3) is 0.133. The summed E-state index contributed by atoms with van der Waals surface area (Å²) in [5, 5.41) is 14.3. The zero-order chi connectivity index (χ0) is 15.8. The molecular weight excluding hydrogens is 312 g/mol. The Morgan fingerprint density at radius 3 is 2.87 bits per heavy atom. The van der Waals surface area contributed by atoms with Crippen molar-refractivity contribution in [3.05, 3.63) is 63.5 Å². The summed E-state index contributed by atoms with van der Waals surface area (Å²) >= 11 is 1.44. The van der Waals surface area contributed by atoms with Gasteiger partial charge in [0.15, 0.2) is 4.96 Å². The number of thiazole rings is 1. The molecule has 0 aliphatic heterocycles. The van der Waals surface area contributed by atoms with Gasteiger partial charge in [-0.2, -0.15) is 4.80 Å². The number of rotatable bonds is 3. The molecule has 0 aliphatic carbocycles. The highest BCUT2D eigenvalue weighted by Gasteiger charge is 2.09. The van der Waals surface area contributed by atoms with Crippen molar-refractivity contribution in [1.29, 1.82) is 0 Å². The van der Waals surface area contributed by atoms with Crippen LogP contribution < -0.4 is 5.56 Å². The van der Waals surface area contributed by atoms with Crippen molar-refractivity contribution in [2.24, 2.45) is 0 Å². The van der Waals surface area contributed by atoms with Crippen LogP contribution in [-0.2, 0) is 6.54 Å². The zero-order valence-corrected chi connectivity index (χ0v) is 13.1. The Balaban J connectivity index is 1.66. The van der Waals surface area contributed by atoms with Gasteiger partial charge in [-0.3, -0.25) is 9.20 Å². The molecule has 4 aromatic rings. The van der Waals surface area contributed by atoms with E-state index in [1.165, 1.54) is 22.2 Å². The fourth-order valence-electron chi connectivity index (χ4n) is 2.34. The topological polar surface area (TPSA) is 78.0 Å². The molecule has 0 amide bonds. The lowest BCUT2D eigenvalue weighted by atomic mass is 10.2. The highest BCUT2D eigenvalue weighted by molar-refractivity contribution is 7.15. The number of benzene rings is 1. The van der Waals surface area contributed by atoms with Gasteiger partial charge in [0.2, 0.25) is 5.82 Å². The Labute approximate surface area is 134 Å². The van der Waals surface area contributed by atoms with Gasteiger partial charge >= 0.3 is 0 Å². The first kappa shape index (κ1) is 13.8. The molecule has 0 radical (unpaired) electrons. The quantitative estimate of drug-likeness (QED) is 0.574. The second kappa shape index (κ2) is 5.40. The molecule has 3 aromatic heterocycles. The number of fused-ring (bicyclic) bond motifs is 1. The smallest absolute Gasteiger partial charge is 0.259 e. The third-order valence-electron chi connectivity index (χ3n) is 3.42. The Hall–Kier alpha value is -2.87. The van der Waals surface area contributed by atoms with Crippen LogP contribution in [0.5, 0.6) is 0 Å². The van der Waals surface area contributed by atoms with Gasteiger partial charge in [0.1, 0.15) is 6.54 Å². The first-order chi connectivity index (χ1) is 11.2. The molecule has 0 fully saturated rings. The molecule has 3 heterocycles. The number of nitrogens with zero attached hydrogens (tertiary/aromatic N) is 6. The molecule has 0 aliphatic rings. The first-order valence-electron chi connectivity index (χ1n) is 7.01. The van der Waals surface area contributed by atoms with Gasteiger partial charge in [0, 0.05) is 22.7 Å². The number of aromatic nitrogens is 6. The van der Waals surface area contributed by atoms with Crippen molar-refractivity contribution < 1.29 is 0 Å². The van der Waals surface area contributed by atoms with Crippen LogP contribution >= 0.6 is 11.3 Å². The number of aryl methyl sites for hydroxylation is 1. The van der Waals surface area contributed by atoms with E-state index in [0.29, 0.717) is 23.0 Å². The minimum Gasteiger partial charge on any atom is -0.269 e. The second-order valence-corrected chi connectivity index (χ2v) is 5.93. The highest BCUT2D eigenvalue weighted by Crippen LogP contribution is 2.13. The molecular formula is C15H12N6OS. The lowest BCUT2D eigenvalue weighted by Crippen LogP contribution is -2.17. The van der Waals surface area contributed by atoms with Gasteiger partial charge in [0.25, 0.3) is 5.56 Å². The molecule has 4 rings (SSSR count). The van der Waals surface area contributed by atoms with Gasteiger partial charge < -0.3 is 0 Å². The molecule has 7 nitrogen and oxygen atoms in total. The van der Waals surface area contributed by atoms with Crippen molar-refractivity contribution >= 4 is 16.3 Å². The first-order valence-corrected chi connectivity index (χ1v) is 7.89. The van der Waals surface area contributed by atoms with Crippen molar-refractivity contribution in [2.45, 2.75) is 13.5 Å². The third kappa shape index (κ3) is 2.53. The average molecular weight is 324 g/mol. The van der Waals surface area contributed by atoms with Crippen LogP contribution in [-0.4, -0.2) is 29.6 Å². The van der Waals surface area contributed by atoms with Crippen molar-refractivity contribution in [2.75, 3.05) is 0 Å². The van der Waals surface area contributed by atoms with Gasteiger partial charge in [0.05, 0.1) is 5.69 Å². The summed E-state index contributed by atoms with van der Waals surface area (Å²) in [6.07, 6.45) is 0. The largest absolute Gasteiger partial charge is 0.269 e. The standard InChI is InChI=1S/C15H12N6OS/c1-10-9-23-15-16-12(7-13(22)21(10)15)8-20-18-14(17-19-20)11-5-3-2-4-6-11/h2-7,9H,8H2,1H3. The van der Waals surface area contributed by atoms with Crippen LogP contribution in [0.25, 0.3) is 16.3 Å². The molecule has 0 spiro atoms. The fourth-order valence-corrected chi connectivity index (χ4v) is 3.23. The third-order valence-corrected chi connectivity index (χ3v) is 4.36. The van der Waals surface area contributed by atoms with Crippen molar-refractivity contribution in [3.8, 4) is 11.4 Å². The van der Waals surface area contributed by atoms with Gasteiger partial charge in [-0.05, 0) is 12.1 Å². The normalized spacial score (nSPS) is 11.2. The van der Waals surface area contributed by atoms with E-state index < -0.39 is 0 Å². The number of tetrazole rings is 1. The van der Waals surface area contributed by atoms with E-state index >= 15 is 0 Å². The van der Waals surface area contributed by atoms with E-state index in [1.807, 2.05) is 42.6 Å². The van der Waals surface area contributed by atoms with E-state index in [-0.39, 0.29) is 5.56 Å². The molecule has 0 saturated carbocycles. The van der Waals surface area contributed by atoms with E-state index in [0.717, 1.165) is 11.3 Å². The number of hydrogen-bond donors (Lipinski definition) is 0. The second-order valence-electron chi connectivity index (χ2n) is 5.09. The van der Waals surface area contributed by atoms with Gasteiger partial charge in [-0.1, -0.05) is 30.3 Å². The molecule has 0 atom stereocenters. The highest BCUT2D eigenvalue weighted by atomic mass is 32.1. The van der Waals surface area contributed by atoms with Crippen molar-refractivity contribution in [3.63, 3.8) is 0 Å². The molecule has 0 saturated heterocycles. The summed E-state index contributed by atoms with van der Waals surface area (Å²) in [5.41, 5.74) is 2.32. The lowest BCUT2D eigenvalue weighted by molar-refractivity contribution is 0.564. The van der Waals surface area contributed by atoms with Gasteiger partial charge in [-0.15, -0.1) is 21.5 Å². The summed E-state index contributed by atoms with van der Waals surface area (Å²) in [6.45, 7) is 2.19. The number of hydrogen-bond acceptors (Lipinski definition) is 6. The zero-order valence-electron chi connectivity index (χ0n) is 12.2. The molecule has 8 heteroatoms. The van der Waals surface area contributed by atoms with E-state index in [1.54, 1.807) is 4.40 Å². The molecule has 23 heavy (non-hydrogen) atoms. The lowest BCUT2D eigenvalue weighted by Gasteiger charge is -2.00. The minimum atomic E-state index is -0.0906. The average Bonchev–Trinajstić information content (AvgIpc) is 3.16. The van der Waals surface area contributed by atoms with Gasteiger partial charge in [-0.25, -0.2) is 4.98 Å². The SMILES string of the molecule is Cc1csc2nc(Cn3nnc(-c4ccccc4)n3)cc(=O)n12. The van der Waals surface area contributed by atoms with Crippen LogP contribution in [0.4, 0.5) is 0 Å². The predicted octanol–water partition coefficient (Wildman–Crippen LogP) is 1.77. The minimum absolute atomic E-state index is 0.0906. The summed E-state index contributed by atoms with van der Waals surface area (Å²) in [6, 6.07) is 11.1. The Bertz CT molecular complexity index is 1030. The Morgan fingerprint density at radius 2 is 2.04 bits per heavy atom.